The van der Waals surface area contributed by atoms with E-state index in [1.54, 1.807) is 0 Å². The number of ether oxygens (including phenoxy) is 1. The summed E-state index contributed by atoms with van der Waals surface area (Å²) < 4.78 is 5.62. The van der Waals surface area contributed by atoms with Crippen LogP contribution < -0.4 is 5.73 Å². The first-order valence-electron chi connectivity index (χ1n) is 7.41. The highest BCUT2D eigenvalue weighted by Gasteiger charge is 2.28. The third-order valence-electron chi connectivity index (χ3n) is 4.12. The van der Waals surface area contributed by atoms with Crippen LogP contribution in [0.5, 0.6) is 0 Å². The van der Waals surface area contributed by atoms with Gasteiger partial charge in [-0.1, -0.05) is 12.8 Å². The first-order chi connectivity index (χ1) is 8.81. The Morgan fingerprint density at radius 2 is 1.94 bits per heavy atom. The van der Waals surface area contributed by atoms with Gasteiger partial charge in [0.15, 0.2) is 0 Å². The fourth-order valence-corrected chi connectivity index (χ4v) is 2.99. The quantitative estimate of drug-likeness (QED) is 0.828. The second kappa shape index (κ2) is 7.10. The molecule has 2 unspecified atom stereocenters. The lowest BCUT2D eigenvalue weighted by Gasteiger charge is -2.26. The van der Waals surface area contributed by atoms with Crippen LogP contribution in [0.2, 0.25) is 0 Å². The largest absolute Gasteiger partial charge is 0.378 e. The summed E-state index contributed by atoms with van der Waals surface area (Å²) in [4.78, 5) is 14.5. The minimum absolute atomic E-state index is 0.0359. The van der Waals surface area contributed by atoms with Gasteiger partial charge in [0.05, 0.1) is 12.0 Å². The molecule has 2 heterocycles. The average Bonchev–Trinajstić information content (AvgIpc) is 2.75. The number of carbonyl (C=O) groups excluding carboxylic acids is 1. The van der Waals surface area contributed by atoms with Gasteiger partial charge in [0.2, 0.25) is 5.91 Å². The highest BCUT2D eigenvalue weighted by atomic mass is 16.5. The molecule has 0 saturated carbocycles. The topological polar surface area (TPSA) is 55.6 Å². The number of carbonyl (C=O) groups is 1. The molecule has 2 fully saturated rings. The number of hydrogen-bond donors (Lipinski definition) is 1. The van der Waals surface area contributed by atoms with Crippen LogP contribution in [-0.4, -0.2) is 43.2 Å². The van der Waals surface area contributed by atoms with Crippen molar-refractivity contribution >= 4 is 5.91 Å². The summed E-state index contributed by atoms with van der Waals surface area (Å²) in [6.07, 6.45) is 8.07. The normalized spacial score (nSPS) is 26.9. The molecule has 2 saturated heterocycles. The highest BCUT2D eigenvalue weighted by molar-refractivity contribution is 5.79. The number of likely N-dealkylation sites (tertiary alicyclic amines) is 1. The van der Waals surface area contributed by atoms with Gasteiger partial charge in [-0.25, -0.2) is 0 Å². The van der Waals surface area contributed by atoms with Gasteiger partial charge in [0.25, 0.3) is 0 Å². The number of nitrogens with two attached hydrogens (primary N) is 1. The predicted octanol–water partition coefficient (Wildman–Crippen LogP) is 1.53. The zero-order valence-corrected chi connectivity index (χ0v) is 11.3. The number of amides is 1. The lowest BCUT2D eigenvalue weighted by Crippen LogP contribution is -2.41. The monoisotopic (exact) mass is 254 g/mol. The molecule has 0 aromatic rings. The van der Waals surface area contributed by atoms with E-state index in [-0.39, 0.29) is 17.9 Å². The van der Waals surface area contributed by atoms with Gasteiger partial charge in [-0.3, -0.25) is 4.79 Å². The summed E-state index contributed by atoms with van der Waals surface area (Å²) in [5.74, 6) is 0.223. The van der Waals surface area contributed by atoms with Gasteiger partial charge in [-0.2, -0.15) is 0 Å². The summed E-state index contributed by atoms with van der Waals surface area (Å²) in [5.41, 5.74) is 5.79. The molecule has 0 radical (unpaired) electrons. The molecule has 0 aromatic carbocycles. The van der Waals surface area contributed by atoms with Gasteiger partial charge < -0.3 is 15.4 Å². The van der Waals surface area contributed by atoms with E-state index in [0.29, 0.717) is 6.54 Å². The SMILES string of the molecule is NCC(CC1CCCO1)C(=O)N1CCCCCC1. The van der Waals surface area contributed by atoms with E-state index in [9.17, 15) is 4.79 Å². The molecular formula is C14H26N2O2. The minimum Gasteiger partial charge on any atom is -0.378 e. The maximum absolute atomic E-state index is 12.5. The van der Waals surface area contributed by atoms with E-state index in [1.165, 1.54) is 12.8 Å². The molecule has 2 aliphatic heterocycles. The van der Waals surface area contributed by atoms with Crippen molar-refractivity contribution in [2.75, 3.05) is 26.2 Å². The van der Waals surface area contributed by atoms with Crippen molar-refractivity contribution in [3.8, 4) is 0 Å². The first kappa shape index (κ1) is 13.8. The van der Waals surface area contributed by atoms with Crippen molar-refractivity contribution < 1.29 is 9.53 Å². The molecule has 0 aliphatic carbocycles. The standard InChI is InChI=1S/C14H26N2O2/c15-11-12(10-13-6-5-9-18-13)14(17)16-7-3-1-2-4-8-16/h12-13H,1-11,15H2. The average molecular weight is 254 g/mol. The lowest BCUT2D eigenvalue weighted by atomic mass is 9.98. The van der Waals surface area contributed by atoms with E-state index in [4.69, 9.17) is 10.5 Å². The van der Waals surface area contributed by atoms with Crippen LogP contribution in [0.25, 0.3) is 0 Å². The Morgan fingerprint density at radius 1 is 1.22 bits per heavy atom. The Labute approximate surface area is 110 Å². The van der Waals surface area contributed by atoms with Gasteiger partial charge in [-0.05, 0) is 32.1 Å². The van der Waals surface area contributed by atoms with E-state index in [0.717, 1.165) is 51.8 Å². The maximum Gasteiger partial charge on any atom is 0.227 e. The molecule has 18 heavy (non-hydrogen) atoms. The molecule has 0 spiro atoms. The summed E-state index contributed by atoms with van der Waals surface area (Å²) in [5, 5.41) is 0. The molecule has 4 nitrogen and oxygen atoms in total. The third kappa shape index (κ3) is 3.69. The second-order valence-corrected chi connectivity index (χ2v) is 5.54. The molecule has 2 N–H and O–H groups in total. The molecule has 4 heteroatoms. The van der Waals surface area contributed by atoms with Crippen molar-refractivity contribution in [1.29, 1.82) is 0 Å². The summed E-state index contributed by atoms with van der Waals surface area (Å²) in [7, 11) is 0. The molecule has 104 valence electrons. The smallest absolute Gasteiger partial charge is 0.227 e. The van der Waals surface area contributed by atoms with E-state index in [2.05, 4.69) is 0 Å². The van der Waals surface area contributed by atoms with Crippen molar-refractivity contribution in [2.45, 2.75) is 51.0 Å². The molecule has 2 rings (SSSR count). The van der Waals surface area contributed by atoms with Gasteiger partial charge in [0, 0.05) is 26.2 Å². The predicted molar refractivity (Wildman–Crippen MR) is 71.2 cm³/mol. The lowest BCUT2D eigenvalue weighted by molar-refractivity contribution is -0.136. The number of rotatable bonds is 4. The van der Waals surface area contributed by atoms with Crippen LogP contribution in [0.3, 0.4) is 0 Å². The zero-order chi connectivity index (χ0) is 12.8. The highest BCUT2D eigenvalue weighted by Crippen LogP contribution is 2.22. The maximum atomic E-state index is 12.5. The van der Waals surface area contributed by atoms with Crippen LogP contribution >= 0.6 is 0 Å². The summed E-state index contributed by atoms with van der Waals surface area (Å²) in [6.45, 7) is 3.14. The Morgan fingerprint density at radius 3 is 2.50 bits per heavy atom. The van der Waals surface area contributed by atoms with E-state index in [1.807, 2.05) is 4.90 Å². The van der Waals surface area contributed by atoms with Crippen molar-refractivity contribution in [2.24, 2.45) is 11.7 Å². The van der Waals surface area contributed by atoms with Crippen LogP contribution in [0.4, 0.5) is 0 Å². The molecule has 2 aliphatic rings. The fraction of sp³-hybridized carbons (Fsp3) is 0.929. The van der Waals surface area contributed by atoms with Crippen LogP contribution in [0.1, 0.15) is 44.9 Å². The van der Waals surface area contributed by atoms with E-state index >= 15 is 0 Å². The fourth-order valence-electron chi connectivity index (χ4n) is 2.99. The number of hydrogen-bond acceptors (Lipinski definition) is 3. The molecule has 1 amide bonds. The molecule has 0 bridgehead atoms. The van der Waals surface area contributed by atoms with Crippen molar-refractivity contribution in [3.63, 3.8) is 0 Å². The number of nitrogens with zero attached hydrogens (tertiary/aromatic N) is 1. The van der Waals surface area contributed by atoms with Gasteiger partial charge >= 0.3 is 0 Å². The molecular weight excluding hydrogens is 228 g/mol. The Balaban J connectivity index is 1.86. The summed E-state index contributed by atoms with van der Waals surface area (Å²) in [6, 6.07) is 0. The Hall–Kier alpha value is -0.610. The van der Waals surface area contributed by atoms with Crippen LogP contribution in [0, 0.1) is 5.92 Å². The van der Waals surface area contributed by atoms with Crippen LogP contribution in [0.15, 0.2) is 0 Å². The second-order valence-electron chi connectivity index (χ2n) is 5.54. The van der Waals surface area contributed by atoms with Crippen LogP contribution in [-0.2, 0) is 9.53 Å². The van der Waals surface area contributed by atoms with Gasteiger partial charge in [0.1, 0.15) is 0 Å². The van der Waals surface area contributed by atoms with Crippen molar-refractivity contribution in [3.05, 3.63) is 0 Å². The van der Waals surface area contributed by atoms with Crippen molar-refractivity contribution in [1.82, 2.24) is 4.90 Å². The molecule has 0 aromatic heterocycles. The Kier molecular flexibility index (Phi) is 5.45. The molecule has 2 atom stereocenters. The minimum atomic E-state index is -0.0359. The first-order valence-corrected chi connectivity index (χ1v) is 7.41. The Bertz CT molecular complexity index is 257. The van der Waals surface area contributed by atoms with E-state index < -0.39 is 0 Å². The third-order valence-corrected chi connectivity index (χ3v) is 4.12. The van der Waals surface area contributed by atoms with Gasteiger partial charge in [-0.15, -0.1) is 0 Å². The zero-order valence-electron chi connectivity index (χ0n) is 11.3. The summed E-state index contributed by atoms with van der Waals surface area (Å²) >= 11 is 0.